The number of hydrogen-bond acceptors (Lipinski definition) is 4. The summed E-state index contributed by atoms with van der Waals surface area (Å²) in [6.45, 7) is 2.87. The second-order valence-electron chi connectivity index (χ2n) is 4.91. The second-order valence-corrected chi connectivity index (χ2v) is 6.74. The molecule has 1 heterocycles. The van der Waals surface area contributed by atoms with E-state index in [9.17, 15) is 21.6 Å². The van der Waals surface area contributed by atoms with Crippen LogP contribution >= 0.6 is 0 Å². The molecule has 0 spiro atoms. The van der Waals surface area contributed by atoms with E-state index in [4.69, 9.17) is 0 Å². The molecular formula is C11H19F3N4O2S. The Hall–Kier alpha value is -1.13. The van der Waals surface area contributed by atoms with Gasteiger partial charge >= 0.3 is 6.18 Å². The first-order valence-electron chi connectivity index (χ1n) is 6.27. The predicted octanol–water partition coefficient (Wildman–Crippen LogP) is 1.40. The van der Waals surface area contributed by atoms with Crippen LogP contribution in [-0.4, -0.2) is 48.7 Å². The predicted molar refractivity (Wildman–Crippen MR) is 71.2 cm³/mol. The van der Waals surface area contributed by atoms with Crippen LogP contribution in [0.1, 0.15) is 25.2 Å². The SMILES string of the molecule is CNCc1n[nH]c(C)c1S(=O)(=O)N(CC(F)(F)F)C(C)C. The molecule has 1 rings (SSSR count). The maximum atomic E-state index is 12.6. The summed E-state index contributed by atoms with van der Waals surface area (Å²) >= 11 is 0. The number of aromatic amines is 1. The minimum atomic E-state index is -4.61. The Bertz CT molecular complexity index is 581. The molecule has 0 radical (unpaired) electrons. The van der Waals surface area contributed by atoms with Crippen LogP contribution < -0.4 is 5.32 Å². The van der Waals surface area contributed by atoms with Gasteiger partial charge in [-0.05, 0) is 27.8 Å². The van der Waals surface area contributed by atoms with Gasteiger partial charge in [0.2, 0.25) is 10.0 Å². The van der Waals surface area contributed by atoms with E-state index in [-0.39, 0.29) is 22.8 Å². The summed E-state index contributed by atoms with van der Waals surface area (Å²) in [5.74, 6) is 0. The zero-order valence-corrected chi connectivity index (χ0v) is 13.1. The van der Waals surface area contributed by atoms with Gasteiger partial charge in [-0.25, -0.2) is 8.42 Å². The fourth-order valence-electron chi connectivity index (χ4n) is 1.94. The molecular weight excluding hydrogens is 309 g/mol. The van der Waals surface area contributed by atoms with E-state index in [1.54, 1.807) is 7.05 Å². The van der Waals surface area contributed by atoms with Crippen molar-refractivity contribution in [3.8, 4) is 0 Å². The first kappa shape index (κ1) is 17.9. The minimum Gasteiger partial charge on any atom is -0.314 e. The second kappa shape index (κ2) is 6.32. The third kappa shape index (κ3) is 4.17. The smallest absolute Gasteiger partial charge is 0.314 e. The molecule has 6 nitrogen and oxygen atoms in total. The average Bonchev–Trinajstić information content (AvgIpc) is 2.67. The molecule has 0 aliphatic carbocycles. The molecule has 1 aromatic heterocycles. The van der Waals surface area contributed by atoms with Gasteiger partial charge in [0.1, 0.15) is 11.4 Å². The number of aryl methyl sites for hydroxylation is 1. The summed E-state index contributed by atoms with van der Waals surface area (Å²) < 4.78 is 63.5. The van der Waals surface area contributed by atoms with E-state index < -0.39 is 28.8 Å². The molecule has 21 heavy (non-hydrogen) atoms. The van der Waals surface area contributed by atoms with E-state index in [1.165, 1.54) is 20.8 Å². The zero-order chi connectivity index (χ0) is 16.4. The van der Waals surface area contributed by atoms with Gasteiger partial charge in [0.25, 0.3) is 0 Å². The van der Waals surface area contributed by atoms with Crippen LogP contribution in [0, 0.1) is 6.92 Å². The minimum absolute atomic E-state index is 0.136. The van der Waals surface area contributed by atoms with Crippen molar-refractivity contribution in [1.29, 1.82) is 0 Å². The van der Waals surface area contributed by atoms with Gasteiger partial charge in [-0.3, -0.25) is 5.10 Å². The quantitative estimate of drug-likeness (QED) is 0.827. The Morgan fingerprint density at radius 2 is 1.95 bits per heavy atom. The summed E-state index contributed by atoms with van der Waals surface area (Å²) in [6.07, 6.45) is -4.61. The number of nitrogens with zero attached hydrogens (tertiary/aromatic N) is 2. The van der Waals surface area contributed by atoms with Gasteiger partial charge < -0.3 is 5.32 Å². The Kier molecular flexibility index (Phi) is 5.40. The molecule has 122 valence electrons. The summed E-state index contributed by atoms with van der Waals surface area (Å²) in [4.78, 5) is -0.199. The van der Waals surface area contributed by atoms with E-state index in [0.29, 0.717) is 4.31 Å². The molecule has 2 N–H and O–H groups in total. The van der Waals surface area contributed by atoms with Crippen LogP contribution in [-0.2, 0) is 16.6 Å². The molecule has 0 aromatic carbocycles. The summed E-state index contributed by atoms with van der Waals surface area (Å²) in [6, 6.07) is -0.826. The van der Waals surface area contributed by atoms with Crippen molar-refractivity contribution in [3.05, 3.63) is 11.4 Å². The molecule has 0 unspecified atom stereocenters. The highest BCUT2D eigenvalue weighted by Crippen LogP contribution is 2.27. The molecule has 0 aliphatic heterocycles. The van der Waals surface area contributed by atoms with Gasteiger partial charge in [-0.1, -0.05) is 0 Å². The van der Waals surface area contributed by atoms with Gasteiger partial charge in [-0.2, -0.15) is 22.6 Å². The van der Waals surface area contributed by atoms with Gasteiger partial charge in [0.05, 0.1) is 11.4 Å². The Balaban J connectivity index is 3.33. The first-order chi connectivity index (χ1) is 9.50. The zero-order valence-electron chi connectivity index (χ0n) is 12.2. The number of halogens is 3. The highest BCUT2D eigenvalue weighted by atomic mass is 32.2. The highest BCUT2D eigenvalue weighted by molar-refractivity contribution is 7.89. The largest absolute Gasteiger partial charge is 0.402 e. The molecule has 0 atom stereocenters. The van der Waals surface area contributed by atoms with Crippen molar-refractivity contribution < 1.29 is 21.6 Å². The van der Waals surface area contributed by atoms with Crippen LogP contribution in [0.25, 0.3) is 0 Å². The normalized spacial score (nSPS) is 13.4. The maximum Gasteiger partial charge on any atom is 0.402 e. The molecule has 0 saturated heterocycles. The van der Waals surface area contributed by atoms with E-state index in [2.05, 4.69) is 15.5 Å². The number of alkyl halides is 3. The van der Waals surface area contributed by atoms with Crippen LogP contribution in [0.5, 0.6) is 0 Å². The number of sulfonamides is 1. The van der Waals surface area contributed by atoms with E-state index in [0.717, 1.165) is 0 Å². The van der Waals surface area contributed by atoms with Gasteiger partial charge in [0, 0.05) is 12.6 Å². The molecule has 0 saturated carbocycles. The molecule has 10 heteroatoms. The molecule has 0 fully saturated rings. The third-order valence-electron chi connectivity index (χ3n) is 2.78. The maximum absolute atomic E-state index is 12.6. The van der Waals surface area contributed by atoms with Crippen LogP contribution in [0.15, 0.2) is 4.90 Å². The lowest BCUT2D eigenvalue weighted by Gasteiger charge is -2.27. The summed E-state index contributed by atoms with van der Waals surface area (Å²) in [7, 11) is -2.70. The number of aromatic nitrogens is 2. The first-order valence-corrected chi connectivity index (χ1v) is 7.71. The topological polar surface area (TPSA) is 78.1 Å². The number of hydrogen-bond donors (Lipinski definition) is 2. The Labute approximate surface area is 121 Å². The number of nitrogens with one attached hydrogen (secondary N) is 2. The van der Waals surface area contributed by atoms with Crippen LogP contribution in [0.4, 0.5) is 13.2 Å². The molecule has 0 amide bonds. The highest BCUT2D eigenvalue weighted by Gasteiger charge is 2.40. The van der Waals surface area contributed by atoms with Crippen molar-refractivity contribution in [2.45, 2.75) is 44.4 Å². The molecule has 0 bridgehead atoms. The van der Waals surface area contributed by atoms with Crippen molar-refractivity contribution in [2.75, 3.05) is 13.6 Å². The van der Waals surface area contributed by atoms with Crippen molar-refractivity contribution in [1.82, 2.24) is 19.8 Å². The van der Waals surface area contributed by atoms with E-state index in [1.807, 2.05) is 0 Å². The van der Waals surface area contributed by atoms with Gasteiger partial charge in [0.15, 0.2) is 0 Å². The number of H-pyrrole nitrogens is 1. The van der Waals surface area contributed by atoms with Crippen molar-refractivity contribution >= 4 is 10.0 Å². The lowest BCUT2D eigenvalue weighted by molar-refractivity contribution is -0.138. The standard InChI is InChI=1S/C11H19F3N4O2S/c1-7(2)18(6-11(12,13)14)21(19,20)10-8(3)16-17-9(10)5-15-4/h7,15H,5-6H2,1-4H3,(H,16,17). The average molecular weight is 328 g/mol. The lowest BCUT2D eigenvalue weighted by atomic mass is 10.4. The monoisotopic (exact) mass is 328 g/mol. The Morgan fingerprint density at radius 1 is 1.38 bits per heavy atom. The Morgan fingerprint density at radius 3 is 2.38 bits per heavy atom. The fourth-order valence-corrected chi connectivity index (χ4v) is 3.89. The van der Waals surface area contributed by atoms with Crippen LogP contribution in [0.3, 0.4) is 0 Å². The molecule has 1 aromatic rings. The summed E-state index contributed by atoms with van der Waals surface area (Å²) in [5.41, 5.74) is 0.385. The lowest BCUT2D eigenvalue weighted by Crippen LogP contribution is -2.43. The van der Waals surface area contributed by atoms with E-state index >= 15 is 0 Å². The van der Waals surface area contributed by atoms with Crippen molar-refractivity contribution in [2.24, 2.45) is 0 Å². The fraction of sp³-hybridized carbons (Fsp3) is 0.727. The van der Waals surface area contributed by atoms with Gasteiger partial charge in [-0.15, -0.1) is 0 Å². The van der Waals surface area contributed by atoms with Crippen LogP contribution in [0.2, 0.25) is 0 Å². The third-order valence-corrected chi connectivity index (χ3v) is 5.01. The summed E-state index contributed by atoms with van der Waals surface area (Å²) in [5, 5.41) is 9.08. The molecule has 0 aliphatic rings. The van der Waals surface area contributed by atoms with Crippen molar-refractivity contribution in [3.63, 3.8) is 0 Å². The number of rotatable bonds is 6.